The van der Waals surface area contributed by atoms with Crippen molar-refractivity contribution >= 4 is 16.8 Å². The molecule has 1 saturated heterocycles. The molecule has 1 amide bonds. The van der Waals surface area contributed by atoms with Gasteiger partial charge in [-0.1, -0.05) is 25.1 Å². The first kappa shape index (κ1) is 16.7. The normalized spacial score (nSPS) is 24.3. The Balaban J connectivity index is 1.88. The number of hydrogen-bond donors (Lipinski definition) is 1. The quantitative estimate of drug-likeness (QED) is 0.916. The molecule has 128 valence electrons. The summed E-state index contributed by atoms with van der Waals surface area (Å²) >= 11 is 0. The summed E-state index contributed by atoms with van der Waals surface area (Å²) in [5.41, 5.74) is 0.816. The maximum atomic E-state index is 12.7. The Morgan fingerprint density at radius 1 is 1.38 bits per heavy atom. The van der Waals surface area contributed by atoms with Gasteiger partial charge in [0.25, 0.3) is 5.56 Å². The summed E-state index contributed by atoms with van der Waals surface area (Å²) in [6, 6.07) is 9.23. The highest BCUT2D eigenvalue weighted by molar-refractivity contribution is 5.84. The van der Waals surface area contributed by atoms with Gasteiger partial charge in [0.05, 0.1) is 11.1 Å². The van der Waals surface area contributed by atoms with Gasteiger partial charge in [-0.25, -0.2) is 0 Å². The molecule has 0 aliphatic carbocycles. The fourth-order valence-corrected chi connectivity index (χ4v) is 3.35. The summed E-state index contributed by atoms with van der Waals surface area (Å²) in [7, 11) is 0. The highest BCUT2D eigenvalue weighted by atomic mass is 16.3. The van der Waals surface area contributed by atoms with E-state index >= 15 is 0 Å². The SMILES string of the molecule is Cc1cc(=O)n(CC(=O)N2CC[C@](C)(O)[C@H](C)C2)c2ccccc12. The predicted octanol–water partition coefficient (Wildman–Crippen LogP) is 1.93. The molecule has 0 radical (unpaired) electrons. The molecule has 1 fully saturated rings. The number of rotatable bonds is 2. The predicted molar refractivity (Wildman–Crippen MR) is 93.9 cm³/mol. The Bertz CT molecular complexity index is 838. The molecule has 1 aromatic carbocycles. The van der Waals surface area contributed by atoms with Crippen molar-refractivity contribution in [2.24, 2.45) is 5.92 Å². The average Bonchev–Trinajstić information content (AvgIpc) is 2.54. The van der Waals surface area contributed by atoms with Gasteiger partial charge in [-0.3, -0.25) is 14.2 Å². The van der Waals surface area contributed by atoms with E-state index in [2.05, 4.69) is 0 Å². The second-order valence-corrected chi connectivity index (χ2v) is 7.12. The van der Waals surface area contributed by atoms with Crippen LogP contribution in [0.1, 0.15) is 25.8 Å². The van der Waals surface area contributed by atoms with Gasteiger partial charge < -0.3 is 10.0 Å². The number of likely N-dealkylation sites (tertiary alicyclic amines) is 1. The molecule has 1 aliphatic rings. The lowest BCUT2D eigenvalue weighted by molar-refractivity contribution is -0.138. The van der Waals surface area contributed by atoms with E-state index in [9.17, 15) is 14.7 Å². The molecule has 3 rings (SSSR count). The van der Waals surface area contributed by atoms with Crippen molar-refractivity contribution in [2.75, 3.05) is 13.1 Å². The lowest BCUT2D eigenvalue weighted by atomic mass is 9.84. The third kappa shape index (κ3) is 2.96. The Kier molecular flexibility index (Phi) is 4.22. The number of aliphatic hydroxyl groups is 1. The van der Waals surface area contributed by atoms with Gasteiger partial charge in [0, 0.05) is 30.5 Å². The summed E-state index contributed by atoms with van der Waals surface area (Å²) in [6.07, 6.45) is 0.559. The van der Waals surface area contributed by atoms with Crippen molar-refractivity contribution < 1.29 is 9.90 Å². The number of aryl methyl sites for hydroxylation is 1. The molecule has 0 saturated carbocycles. The Labute approximate surface area is 141 Å². The number of carbonyl (C=O) groups excluding carboxylic acids is 1. The number of para-hydroxylation sites is 1. The summed E-state index contributed by atoms with van der Waals surface area (Å²) in [5.74, 6) is -0.0601. The Morgan fingerprint density at radius 3 is 2.79 bits per heavy atom. The average molecular weight is 328 g/mol. The number of nitrogens with zero attached hydrogens (tertiary/aromatic N) is 2. The van der Waals surface area contributed by atoms with Gasteiger partial charge in [-0.2, -0.15) is 0 Å². The van der Waals surface area contributed by atoms with Crippen molar-refractivity contribution in [1.82, 2.24) is 9.47 Å². The summed E-state index contributed by atoms with van der Waals surface area (Å²) < 4.78 is 1.54. The third-order valence-electron chi connectivity index (χ3n) is 5.32. The van der Waals surface area contributed by atoms with E-state index in [0.717, 1.165) is 16.5 Å². The van der Waals surface area contributed by atoms with Crippen molar-refractivity contribution in [3.05, 3.63) is 46.2 Å². The zero-order chi connectivity index (χ0) is 17.5. The largest absolute Gasteiger partial charge is 0.390 e. The van der Waals surface area contributed by atoms with E-state index in [-0.39, 0.29) is 23.9 Å². The molecule has 2 heterocycles. The third-order valence-corrected chi connectivity index (χ3v) is 5.32. The number of pyridine rings is 1. The highest BCUT2D eigenvalue weighted by Gasteiger charge is 2.36. The van der Waals surface area contributed by atoms with E-state index in [1.165, 1.54) is 0 Å². The highest BCUT2D eigenvalue weighted by Crippen LogP contribution is 2.27. The second kappa shape index (κ2) is 6.06. The van der Waals surface area contributed by atoms with Crippen LogP contribution in [0.2, 0.25) is 0 Å². The number of fused-ring (bicyclic) bond motifs is 1. The molecule has 2 atom stereocenters. The number of amides is 1. The van der Waals surface area contributed by atoms with Crippen LogP contribution in [0, 0.1) is 12.8 Å². The number of aromatic nitrogens is 1. The van der Waals surface area contributed by atoms with Gasteiger partial charge >= 0.3 is 0 Å². The van der Waals surface area contributed by atoms with Crippen LogP contribution in [0.25, 0.3) is 10.9 Å². The minimum atomic E-state index is -0.732. The van der Waals surface area contributed by atoms with Gasteiger partial charge in [0.2, 0.25) is 5.91 Å². The molecular weight excluding hydrogens is 304 g/mol. The smallest absolute Gasteiger partial charge is 0.251 e. The summed E-state index contributed by atoms with van der Waals surface area (Å²) in [6.45, 7) is 6.75. The first-order chi connectivity index (χ1) is 11.3. The van der Waals surface area contributed by atoms with Crippen LogP contribution in [0.3, 0.4) is 0 Å². The van der Waals surface area contributed by atoms with Crippen LogP contribution in [-0.4, -0.2) is 39.2 Å². The van der Waals surface area contributed by atoms with Crippen LogP contribution < -0.4 is 5.56 Å². The molecular formula is C19H24N2O3. The van der Waals surface area contributed by atoms with Gasteiger partial charge in [0.15, 0.2) is 0 Å². The Hall–Kier alpha value is -2.14. The number of carbonyl (C=O) groups is 1. The number of piperidine rings is 1. The van der Waals surface area contributed by atoms with E-state index in [0.29, 0.717) is 19.5 Å². The maximum Gasteiger partial charge on any atom is 0.251 e. The number of hydrogen-bond acceptors (Lipinski definition) is 3. The van der Waals surface area contributed by atoms with E-state index in [1.54, 1.807) is 15.5 Å². The van der Waals surface area contributed by atoms with Crippen molar-refractivity contribution in [2.45, 2.75) is 39.3 Å². The second-order valence-electron chi connectivity index (χ2n) is 7.12. The monoisotopic (exact) mass is 328 g/mol. The topological polar surface area (TPSA) is 62.5 Å². The first-order valence-corrected chi connectivity index (χ1v) is 8.39. The molecule has 5 heteroatoms. The lowest BCUT2D eigenvalue weighted by Gasteiger charge is -2.41. The molecule has 2 aromatic rings. The van der Waals surface area contributed by atoms with Gasteiger partial charge in [-0.05, 0) is 31.9 Å². The lowest BCUT2D eigenvalue weighted by Crippen LogP contribution is -2.51. The number of benzene rings is 1. The molecule has 24 heavy (non-hydrogen) atoms. The molecule has 1 aliphatic heterocycles. The van der Waals surface area contributed by atoms with Crippen molar-refractivity contribution in [3.63, 3.8) is 0 Å². The molecule has 1 N–H and O–H groups in total. The Morgan fingerprint density at radius 2 is 2.08 bits per heavy atom. The van der Waals surface area contributed by atoms with Gasteiger partial charge in [-0.15, -0.1) is 0 Å². The van der Waals surface area contributed by atoms with Crippen molar-refractivity contribution in [1.29, 1.82) is 0 Å². The fourth-order valence-electron chi connectivity index (χ4n) is 3.35. The fraction of sp³-hybridized carbons (Fsp3) is 0.474. The molecule has 5 nitrogen and oxygen atoms in total. The standard InChI is InChI=1S/C19H24N2O3/c1-13-10-17(22)21(16-7-5-4-6-15(13)16)12-18(23)20-9-8-19(3,24)14(2)11-20/h4-7,10,14,24H,8-9,11-12H2,1-3H3/t14-,19+/m1/s1. The van der Waals surface area contributed by atoms with E-state index < -0.39 is 5.60 Å². The van der Waals surface area contributed by atoms with Crippen molar-refractivity contribution in [3.8, 4) is 0 Å². The molecule has 0 unspecified atom stereocenters. The van der Waals surface area contributed by atoms with Crippen LogP contribution in [0.4, 0.5) is 0 Å². The molecule has 1 aromatic heterocycles. The van der Waals surface area contributed by atoms with Crippen LogP contribution >= 0.6 is 0 Å². The summed E-state index contributed by atoms with van der Waals surface area (Å²) in [4.78, 5) is 26.8. The first-order valence-electron chi connectivity index (χ1n) is 8.39. The minimum absolute atomic E-state index is 0.0154. The van der Waals surface area contributed by atoms with Gasteiger partial charge in [0.1, 0.15) is 6.54 Å². The van der Waals surface area contributed by atoms with Crippen LogP contribution in [-0.2, 0) is 11.3 Å². The molecule has 0 bridgehead atoms. The zero-order valence-corrected chi connectivity index (χ0v) is 14.5. The van der Waals surface area contributed by atoms with E-state index in [1.807, 2.05) is 45.0 Å². The maximum absolute atomic E-state index is 12.7. The van der Waals surface area contributed by atoms with Crippen LogP contribution in [0.15, 0.2) is 35.1 Å². The van der Waals surface area contributed by atoms with E-state index in [4.69, 9.17) is 0 Å². The minimum Gasteiger partial charge on any atom is -0.390 e. The summed E-state index contributed by atoms with van der Waals surface area (Å²) in [5, 5.41) is 11.2. The zero-order valence-electron chi connectivity index (χ0n) is 14.5. The molecule has 0 spiro atoms. The van der Waals surface area contributed by atoms with Crippen LogP contribution in [0.5, 0.6) is 0 Å².